The van der Waals surface area contributed by atoms with Gasteiger partial charge in [-0.2, -0.15) is 0 Å². The lowest BCUT2D eigenvalue weighted by Gasteiger charge is -2.29. The largest absolute Gasteiger partial charge is 0.303 e. The normalized spacial score (nSPS) is 22.8. The summed E-state index contributed by atoms with van der Waals surface area (Å²) in [6.45, 7) is 2.09. The van der Waals surface area contributed by atoms with Crippen molar-refractivity contribution in [2.24, 2.45) is 11.8 Å². The van der Waals surface area contributed by atoms with Crippen molar-refractivity contribution in [2.45, 2.75) is 32.6 Å². The lowest BCUT2D eigenvalue weighted by atomic mass is 9.75. The van der Waals surface area contributed by atoms with Gasteiger partial charge in [0.1, 0.15) is 6.29 Å². The zero-order valence-electron chi connectivity index (χ0n) is 5.97. The number of hydrogen-bond donors (Lipinski definition) is 0. The topological polar surface area (TPSA) is 17.1 Å². The number of hydrogen-bond acceptors (Lipinski definition) is 1. The molecule has 1 atom stereocenters. The van der Waals surface area contributed by atoms with Gasteiger partial charge >= 0.3 is 0 Å². The molecule has 0 aromatic rings. The van der Waals surface area contributed by atoms with Crippen molar-refractivity contribution in [3.05, 3.63) is 0 Å². The molecular formula is C8H14O. The molecule has 0 bridgehead atoms. The molecule has 1 unspecified atom stereocenters. The average Bonchev–Trinajstić information content (AvgIpc) is 1.78. The molecule has 1 nitrogen and oxygen atoms in total. The third-order valence-corrected chi connectivity index (χ3v) is 2.40. The first-order chi connectivity index (χ1) is 4.38. The van der Waals surface area contributed by atoms with E-state index in [1.165, 1.54) is 19.3 Å². The first kappa shape index (κ1) is 6.79. The molecule has 1 aliphatic rings. The van der Waals surface area contributed by atoms with Gasteiger partial charge in [-0.1, -0.05) is 13.3 Å². The van der Waals surface area contributed by atoms with Crippen LogP contribution < -0.4 is 0 Å². The van der Waals surface area contributed by atoms with Crippen molar-refractivity contribution in [1.29, 1.82) is 0 Å². The van der Waals surface area contributed by atoms with Crippen LogP contribution in [0.15, 0.2) is 0 Å². The molecule has 0 radical (unpaired) electrons. The van der Waals surface area contributed by atoms with Gasteiger partial charge in [0.15, 0.2) is 0 Å². The lowest BCUT2D eigenvalue weighted by Crippen LogP contribution is -2.22. The minimum absolute atomic E-state index is 0.374. The van der Waals surface area contributed by atoms with Gasteiger partial charge in [0, 0.05) is 5.92 Å². The van der Waals surface area contributed by atoms with E-state index in [4.69, 9.17) is 0 Å². The van der Waals surface area contributed by atoms with Gasteiger partial charge in [-0.3, -0.25) is 0 Å². The molecule has 0 N–H and O–H groups in total. The van der Waals surface area contributed by atoms with Crippen LogP contribution in [-0.2, 0) is 4.79 Å². The van der Waals surface area contributed by atoms with Crippen molar-refractivity contribution in [3.8, 4) is 0 Å². The molecule has 0 amide bonds. The highest BCUT2D eigenvalue weighted by Gasteiger charge is 2.24. The summed E-state index contributed by atoms with van der Waals surface area (Å²) in [5, 5.41) is 0. The van der Waals surface area contributed by atoms with Gasteiger partial charge in [-0.05, 0) is 25.2 Å². The van der Waals surface area contributed by atoms with Crippen LogP contribution in [-0.4, -0.2) is 6.29 Å². The maximum absolute atomic E-state index is 10.4. The molecule has 0 aromatic heterocycles. The molecule has 1 aliphatic carbocycles. The molecule has 1 saturated carbocycles. The average molecular weight is 126 g/mol. The fourth-order valence-electron chi connectivity index (χ4n) is 1.41. The molecule has 9 heavy (non-hydrogen) atoms. The summed E-state index contributed by atoms with van der Waals surface area (Å²) in [7, 11) is 0. The van der Waals surface area contributed by atoms with Crippen LogP contribution in [0.25, 0.3) is 0 Å². The maximum atomic E-state index is 10.4. The molecular weight excluding hydrogens is 112 g/mol. The summed E-state index contributed by atoms with van der Waals surface area (Å²) < 4.78 is 0. The van der Waals surface area contributed by atoms with Gasteiger partial charge in [-0.25, -0.2) is 0 Å². The SMILES string of the molecule is CCC(C=O)C1CCC1. The minimum atomic E-state index is 0.374. The van der Waals surface area contributed by atoms with E-state index in [9.17, 15) is 4.79 Å². The van der Waals surface area contributed by atoms with Crippen molar-refractivity contribution >= 4 is 6.29 Å². The number of aldehydes is 1. The van der Waals surface area contributed by atoms with E-state index in [1.54, 1.807) is 0 Å². The van der Waals surface area contributed by atoms with Crippen LogP contribution in [0.4, 0.5) is 0 Å². The van der Waals surface area contributed by atoms with Crippen molar-refractivity contribution in [3.63, 3.8) is 0 Å². The zero-order chi connectivity index (χ0) is 6.69. The van der Waals surface area contributed by atoms with Crippen molar-refractivity contribution in [1.82, 2.24) is 0 Å². The van der Waals surface area contributed by atoms with Crippen molar-refractivity contribution in [2.75, 3.05) is 0 Å². The second kappa shape index (κ2) is 3.00. The van der Waals surface area contributed by atoms with E-state index in [0.717, 1.165) is 18.6 Å². The highest BCUT2D eigenvalue weighted by atomic mass is 16.1. The third-order valence-electron chi connectivity index (χ3n) is 2.40. The quantitative estimate of drug-likeness (QED) is 0.529. The Bertz CT molecular complexity index is 94.7. The Labute approximate surface area is 56.4 Å². The molecule has 1 rings (SSSR count). The first-order valence-corrected chi connectivity index (χ1v) is 3.83. The Kier molecular flexibility index (Phi) is 2.26. The standard InChI is InChI=1S/C8H14O/c1-2-7(6-9)8-4-3-5-8/h6-8H,2-5H2,1H3. The van der Waals surface area contributed by atoms with Gasteiger partial charge < -0.3 is 4.79 Å². The molecule has 0 aromatic carbocycles. The van der Waals surface area contributed by atoms with Gasteiger partial charge in [-0.15, -0.1) is 0 Å². The maximum Gasteiger partial charge on any atom is 0.123 e. The predicted octanol–water partition coefficient (Wildman–Crippen LogP) is 2.01. The first-order valence-electron chi connectivity index (χ1n) is 3.83. The fraction of sp³-hybridized carbons (Fsp3) is 0.875. The van der Waals surface area contributed by atoms with Crippen molar-refractivity contribution < 1.29 is 4.79 Å². The molecule has 0 heterocycles. The number of rotatable bonds is 3. The Morgan fingerprint density at radius 2 is 2.33 bits per heavy atom. The highest BCUT2D eigenvalue weighted by molar-refractivity contribution is 5.54. The third kappa shape index (κ3) is 1.32. The smallest absolute Gasteiger partial charge is 0.123 e. The van der Waals surface area contributed by atoms with Crippen LogP contribution in [0, 0.1) is 11.8 Å². The van der Waals surface area contributed by atoms with E-state index in [2.05, 4.69) is 6.92 Å². The van der Waals surface area contributed by atoms with Gasteiger partial charge in [0.05, 0.1) is 0 Å². The summed E-state index contributed by atoms with van der Waals surface area (Å²) in [5.41, 5.74) is 0. The monoisotopic (exact) mass is 126 g/mol. The van der Waals surface area contributed by atoms with E-state index in [1.807, 2.05) is 0 Å². The molecule has 0 aliphatic heterocycles. The van der Waals surface area contributed by atoms with Crippen LogP contribution in [0.3, 0.4) is 0 Å². The molecule has 52 valence electrons. The zero-order valence-corrected chi connectivity index (χ0v) is 5.97. The van der Waals surface area contributed by atoms with Gasteiger partial charge in [0.2, 0.25) is 0 Å². The van der Waals surface area contributed by atoms with Crippen LogP contribution in [0.1, 0.15) is 32.6 Å². The lowest BCUT2D eigenvalue weighted by molar-refractivity contribution is -0.113. The molecule has 0 saturated heterocycles. The minimum Gasteiger partial charge on any atom is -0.303 e. The summed E-state index contributed by atoms with van der Waals surface area (Å²) in [4.78, 5) is 10.4. The number of carbonyl (C=O) groups excluding carboxylic acids is 1. The fourth-order valence-corrected chi connectivity index (χ4v) is 1.41. The second-order valence-corrected chi connectivity index (χ2v) is 2.90. The van der Waals surface area contributed by atoms with E-state index in [-0.39, 0.29) is 0 Å². The van der Waals surface area contributed by atoms with Gasteiger partial charge in [0.25, 0.3) is 0 Å². The summed E-state index contributed by atoms with van der Waals surface area (Å²) >= 11 is 0. The highest BCUT2D eigenvalue weighted by Crippen LogP contribution is 2.33. The second-order valence-electron chi connectivity index (χ2n) is 2.90. The molecule has 1 heteroatoms. The predicted molar refractivity (Wildman–Crippen MR) is 37.2 cm³/mol. The summed E-state index contributed by atoms with van der Waals surface area (Å²) in [6.07, 6.45) is 6.08. The Balaban J connectivity index is 2.27. The van der Waals surface area contributed by atoms with Crippen LogP contribution in [0.2, 0.25) is 0 Å². The Morgan fingerprint density at radius 1 is 1.67 bits per heavy atom. The van der Waals surface area contributed by atoms with E-state index >= 15 is 0 Å². The number of carbonyl (C=O) groups is 1. The summed E-state index contributed by atoms with van der Waals surface area (Å²) in [5.74, 6) is 1.12. The Hall–Kier alpha value is -0.330. The summed E-state index contributed by atoms with van der Waals surface area (Å²) in [6, 6.07) is 0. The molecule has 0 spiro atoms. The van der Waals surface area contributed by atoms with Crippen LogP contribution >= 0.6 is 0 Å². The van der Waals surface area contributed by atoms with E-state index < -0.39 is 0 Å². The molecule has 1 fully saturated rings. The van der Waals surface area contributed by atoms with E-state index in [0.29, 0.717) is 5.92 Å². The van der Waals surface area contributed by atoms with Crippen LogP contribution in [0.5, 0.6) is 0 Å². The Morgan fingerprint density at radius 3 is 2.44 bits per heavy atom.